The molecule has 0 aliphatic heterocycles. The smallest absolute Gasteiger partial charge is 0.240 e. The number of carbonyl (C=O) groups is 1. The third kappa shape index (κ3) is 3.18. The van der Waals surface area contributed by atoms with Crippen molar-refractivity contribution in [1.29, 1.82) is 0 Å². The molecule has 0 bridgehead atoms. The molecule has 2 aromatic rings. The number of nitrogens with one attached hydrogen (secondary N) is 1. The average molecular weight is 320 g/mol. The molecule has 0 aliphatic carbocycles. The number of aromatic nitrogens is 3. The van der Waals surface area contributed by atoms with Crippen molar-refractivity contribution in [2.75, 3.05) is 11.2 Å². The zero-order chi connectivity index (χ0) is 14.0. The molecule has 5 nitrogen and oxygen atoms in total. The van der Waals surface area contributed by atoms with Gasteiger partial charge in [-0.25, -0.2) is 4.98 Å². The minimum absolute atomic E-state index is 0.147. The molecule has 0 unspecified atom stereocenters. The molecule has 0 saturated carbocycles. The molecule has 0 aliphatic rings. The number of nitrogens with zero attached hydrogens (tertiary/aromatic N) is 3. The van der Waals surface area contributed by atoms with Crippen LogP contribution in [0, 0.1) is 6.92 Å². The number of hydrogen-bond donors (Lipinski definition) is 1. The molecule has 0 saturated heterocycles. The van der Waals surface area contributed by atoms with Gasteiger partial charge in [-0.1, -0.05) is 23.2 Å². The molecular formula is C11H9Cl3N4O. The number of amides is 1. The van der Waals surface area contributed by atoms with Gasteiger partial charge in [0.2, 0.25) is 5.91 Å². The van der Waals surface area contributed by atoms with E-state index in [0.29, 0.717) is 27.4 Å². The molecule has 1 amide bonds. The first-order valence-electron chi connectivity index (χ1n) is 5.25. The molecular weight excluding hydrogens is 311 g/mol. The molecule has 19 heavy (non-hydrogen) atoms. The van der Waals surface area contributed by atoms with Crippen LogP contribution in [-0.4, -0.2) is 26.6 Å². The molecule has 1 N–H and O–H groups in total. The largest absolute Gasteiger partial charge is 0.309 e. The summed E-state index contributed by atoms with van der Waals surface area (Å²) in [6.07, 6.45) is 1.45. The van der Waals surface area contributed by atoms with E-state index >= 15 is 0 Å². The second-order valence-corrected chi connectivity index (χ2v) is 4.83. The number of alkyl halides is 1. The van der Waals surface area contributed by atoms with Crippen LogP contribution >= 0.6 is 34.8 Å². The van der Waals surface area contributed by atoms with Gasteiger partial charge in [0, 0.05) is 12.3 Å². The molecule has 8 heteroatoms. The summed E-state index contributed by atoms with van der Waals surface area (Å²) in [5, 5.41) is 7.60. The maximum atomic E-state index is 11.4. The summed E-state index contributed by atoms with van der Waals surface area (Å²) in [7, 11) is 0. The van der Waals surface area contributed by atoms with E-state index in [4.69, 9.17) is 34.8 Å². The SMILES string of the molecule is Cc1cc(NC(=O)CCl)n(-c2ncc(Cl)cc2Cl)n1. The lowest BCUT2D eigenvalue weighted by Crippen LogP contribution is -2.16. The van der Waals surface area contributed by atoms with Crippen molar-refractivity contribution >= 4 is 46.5 Å². The third-order valence-electron chi connectivity index (χ3n) is 2.21. The molecule has 2 rings (SSSR count). The van der Waals surface area contributed by atoms with Gasteiger partial charge in [0.25, 0.3) is 0 Å². The van der Waals surface area contributed by atoms with Crippen LogP contribution in [0.15, 0.2) is 18.3 Å². The second kappa shape index (κ2) is 5.77. The van der Waals surface area contributed by atoms with Crippen molar-refractivity contribution in [3.63, 3.8) is 0 Å². The third-order valence-corrected chi connectivity index (χ3v) is 2.94. The summed E-state index contributed by atoms with van der Waals surface area (Å²) >= 11 is 17.3. The quantitative estimate of drug-likeness (QED) is 0.885. The van der Waals surface area contributed by atoms with E-state index in [2.05, 4.69) is 15.4 Å². The summed E-state index contributed by atoms with van der Waals surface area (Å²) in [5.41, 5.74) is 0.706. The summed E-state index contributed by atoms with van der Waals surface area (Å²) in [6.45, 7) is 1.79. The molecule has 0 fully saturated rings. The highest BCUT2D eigenvalue weighted by Gasteiger charge is 2.14. The Morgan fingerprint density at radius 1 is 1.42 bits per heavy atom. The fourth-order valence-corrected chi connectivity index (χ4v) is 2.02. The van der Waals surface area contributed by atoms with Crippen LogP contribution in [0.25, 0.3) is 5.82 Å². The van der Waals surface area contributed by atoms with Crippen molar-refractivity contribution in [3.8, 4) is 5.82 Å². The van der Waals surface area contributed by atoms with E-state index in [-0.39, 0.29) is 11.8 Å². The van der Waals surface area contributed by atoms with E-state index in [1.807, 2.05) is 0 Å². The number of hydrogen-bond acceptors (Lipinski definition) is 3. The lowest BCUT2D eigenvalue weighted by molar-refractivity contribution is -0.114. The molecule has 0 atom stereocenters. The van der Waals surface area contributed by atoms with Gasteiger partial charge in [0.05, 0.1) is 15.7 Å². The summed E-state index contributed by atoms with van der Waals surface area (Å²) in [5.74, 6) is 0.336. The minimum Gasteiger partial charge on any atom is -0.309 e. The molecule has 2 heterocycles. The molecule has 0 spiro atoms. The van der Waals surface area contributed by atoms with E-state index in [1.165, 1.54) is 10.9 Å². The van der Waals surface area contributed by atoms with Gasteiger partial charge >= 0.3 is 0 Å². The minimum atomic E-state index is -0.340. The van der Waals surface area contributed by atoms with Gasteiger partial charge in [-0.05, 0) is 13.0 Å². The lowest BCUT2D eigenvalue weighted by Gasteiger charge is -2.08. The first-order valence-corrected chi connectivity index (χ1v) is 6.54. The van der Waals surface area contributed by atoms with Crippen molar-refractivity contribution in [2.45, 2.75) is 6.92 Å². The average Bonchev–Trinajstić information content (AvgIpc) is 2.70. The number of halogens is 3. The van der Waals surface area contributed by atoms with E-state index in [1.54, 1.807) is 19.1 Å². The standard InChI is InChI=1S/C11H9Cl3N4O/c1-6-2-9(16-10(19)4-12)18(17-6)11-8(14)3-7(13)5-15-11/h2-3,5H,4H2,1H3,(H,16,19). The first kappa shape index (κ1) is 14.1. The zero-order valence-electron chi connectivity index (χ0n) is 9.82. The second-order valence-electron chi connectivity index (χ2n) is 3.72. The maximum Gasteiger partial charge on any atom is 0.240 e. The fourth-order valence-electron chi connectivity index (χ4n) is 1.49. The van der Waals surface area contributed by atoms with Crippen molar-refractivity contribution in [2.24, 2.45) is 0 Å². The van der Waals surface area contributed by atoms with Gasteiger partial charge in [-0.2, -0.15) is 9.78 Å². The van der Waals surface area contributed by atoms with Gasteiger partial charge < -0.3 is 5.32 Å². The van der Waals surface area contributed by atoms with Crippen LogP contribution in [0.2, 0.25) is 10.0 Å². The van der Waals surface area contributed by atoms with E-state index in [9.17, 15) is 4.79 Å². The van der Waals surface area contributed by atoms with Crippen LogP contribution in [0.3, 0.4) is 0 Å². The van der Waals surface area contributed by atoms with E-state index in [0.717, 1.165) is 0 Å². The first-order chi connectivity index (χ1) is 9.01. The van der Waals surface area contributed by atoms with Gasteiger partial charge in [0.1, 0.15) is 11.7 Å². The molecule has 0 radical (unpaired) electrons. The number of carbonyl (C=O) groups excluding carboxylic acids is 1. The number of anilines is 1. The van der Waals surface area contributed by atoms with Crippen LogP contribution in [0.5, 0.6) is 0 Å². The Morgan fingerprint density at radius 3 is 2.79 bits per heavy atom. The predicted molar refractivity (Wildman–Crippen MR) is 75.5 cm³/mol. The summed E-state index contributed by atoms with van der Waals surface area (Å²) in [6, 6.07) is 3.24. The number of pyridine rings is 1. The normalized spacial score (nSPS) is 10.5. The summed E-state index contributed by atoms with van der Waals surface area (Å²) < 4.78 is 1.43. The Kier molecular flexibility index (Phi) is 4.29. The Labute approximate surface area is 124 Å². The molecule has 100 valence electrons. The van der Waals surface area contributed by atoms with Crippen LogP contribution in [-0.2, 0) is 4.79 Å². The summed E-state index contributed by atoms with van der Waals surface area (Å²) in [4.78, 5) is 15.5. The van der Waals surface area contributed by atoms with Crippen LogP contribution < -0.4 is 5.32 Å². The Bertz CT molecular complexity index is 626. The van der Waals surface area contributed by atoms with Crippen molar-refractivity contribution in [3.05, 3.63) is 34.1 Å². The van der Waals surface area contributed by atoms with Crippen molar-refractivity contribution in [1.82, 2.24) is 14.8 Å². The Balaban J connectivity index is 2.46. The highest BCUT2D eigenvalue weighted by Crippen LogP contribution is 2.24. The van der Waals surface area contributed by atoms with Gasteiger partial charge in [0.15, 0.2) is 5.82 Å². The van der Waals surface area contributed by atoms with E-state index < -0.39 is 0 Å². The highest BCUT2D eigenvalue weighted by molar-refractivity contribution is 6.35. The van der Waals surface area contributed by atoms with Gasteiger partial charge in [-0.3, -0.25) is 4.79 Å². The predicted octanol–water partition coefficient (Wildman–Crippen LogP) is 3.06. The Morgan fingerprint density at radius 2 is 2.16 bits per heavy atom. The topological polar surface area (TPSA) is 59.8 Å². The Hall–Kier alpha value is -1.30. The molecule has 0 aromatic carbocycles. The highest BCUT2D eigenvalue weighted by atomic mass is 35.5. The molecule has 2 aromatic heterocycles. The van der Waals surface area contributed by atoms with Gasteiger partial charge in [-0.15, -0.1) is 11.6 Å². The van der Waals surface area contributed by atoms with Crippen LogP contribution in [0.4, 0.5) is 5.82 Å². The zero-order valence-corrected chi connectivity index (χ0v) is 12.1. The number of rotatable bonds is 3. The fraction of sp³-hybridized carbons (Fsp3) is 0.182. The monoisotopic (exact) mass is 318 g/mol. The lowest BCUT2D eigenvalue weighted by atomic mass is 10.4. The number of aryl methyl sites for hydroxylation is 1. The maximum absolute atomic E-state index is 11.4. The van der Waals surface area contributed by atoms with Crippen molar-refractivity contribution < 1.29 is 4.79 Å². The van der Waals surface area contributed by atoms with Crippen LogP contribution in [0.1, 0.15) is 5.69 Å².